The van der Waals surface area contributed by atoms with Crippen molar-refractivity contribution in [2.24, 2.45) is 0 Å². The van der Waals surface area contributed by atoms with Crippen LogP contribution in [0.3, 0.4) is 0 Å². The van der Waals surface area contributed by atoms with Crippen LogP contribution in [0.5, 0.6) is 0 Å². The maximum Gasteiger partial charge on any atom is 0.442 e. The third-order valence-corrected chi connectivity index (χ3v) is 4.00. The summed E-state index contributed by atoms with van der Waals surface area (Å²) in [6, 6.07) is 5.49. The molecule has 0 saturated carbocycles. The molecule has 1 amide bonds. The van der Waals surface area contributed by atoms with Crippen molar-refractivity contribution in [3.8, 4) is 11.5 Å². The second kappa shape index (κ2) is 6.13. The molecule has 22 heavy (non-hydrogen) atoms. The first-order valence-corrected chi connectivity index (χ1v) is 7.44. The molecule has 2 aromatic rings. The summed E-state index contributed by atoms with van der Waals surface area (Å²) in [6.07, 6.45) is 4.74. The van der Waals surface area contributed by atoms with E-state index < -0.39 is 5.76 Å². The summed E-state index contributed by atoms with van der Waals surface area (Å²) in [6.45, 7) is 2.70. The number of aromatic nitrogens is 3. The molecule has 0 aliphatic carbocycles. The second-order valence-corrected chi connectivity index (χ2v) is 5.51. The summed E-state index contributed by atoms with van der Waals surface area (Å²) in [5.41, 5.74) is 0.507. The summed E-state index contributed by atoms with van der Waals surface area (Å²) in [5.74, 6) is -0.447. The van der Waals surface area contributed by atoms with Crippen LogP contribution in [0.2, 0.25) is 0 Å². The minimum atomic E-state index is -0.640. The lowest BCUT2D eigenvalue weighted by atomic mass is 10.0. The number of pyridine rings is 1. The first kappa shape index (κ1) is 14.5. The monoisotopic (exact) mass is 302 g/mol. The summed E-state index contributed by atoms with van der Waals surface area (Å²) in [5, 5.41) is 3.75. The molecule has 0 bridgehead atoms. The van der Waals surface area contributed by atoms with Gasteiger partial charge in [-0.05, 0) is 38.3 Å². The number of hydrogen-bond acceptors (Lipinski definition) is 5. The number of carbonyl (C=O) groups excluding carboxylic acids is 1. The van der Waals surface area contributed by atoms with Crippen LogP contribution in [0.4, 0.5) is 0 Å². The van der Waals surface area contributed by atoms with Crippen molar-refractivity contribution in [2.75, 3.05) is 6.54 Å². The average Bonchev–Trinajstić information content (AvgIpc) is 2.89. The van der Waals surface area contributed by atoms with Gasteiger partial charge in [0.05, 0.1) is 0 Å². The molecule has 0 spiro atoms. The fourth-order valence-electron chi connectivity index (χ4n) is 2.78. The first-order valence-electron chi connectivity index (χ1n) is 7.44. The highest BCUT2D eigenvalue weighted by Crippen LogP contribution is 2.18. The van der Waals surface area contributed by atoms with Gasteiger partial charge in [-0.3, -0.25) is 14.3 Å². The zero-order chi connectivity index (χ0) is 15.5. The summed E-state index contributed by atoms with van der Waals surface area (Å²) in [7, 11) is 0. The van der Waals surface area contributed by atoms with E-state index in [1.54, 1.807) is 24.4 Å². The third kappa shape index (κ3) is 2.79. The summed E-state index contributed by atoms with van der Waals surface area (Å²) in [4.78, 5) is 30.3. The van der Waals surface area contributed by atoms with Gasteiger partial charge in [-0.25, -0.2) is 9.36 Å². The topological polar surface area (TPSA) is 81.2 Å². The van der Waals surface area contributed by atoms with E-state index in [1.165, 1.54) is 4.57 Å². The van der Waals surface area contributed by atoms with Gasteiger partial charge in [0.1, 0.15) is 12.2 Å². The van der Waals surface area contributed by atoms with Crippen LogP contribution in [0.15, 0.2) is 33.7 Å². The van der Waals surface area contributed by atoms with E-state index in [0.29, 0.717) is 5.69 Å². The van der Waals surface area contributed by atoms with E-state index in [9.17, 15) is 9.59 Å². The molecule has 1 atom stereocenters. The molecule has 1 aliphatic rings. The molecule has 7 nitrogen and oxygen atoms in total. The van der Waals surface area contributed by atoms with Gasteiger partial charge in [-0.15, -0.1) is 0 Å². The van der Waals surface area contributed by atoms with Gasteiger partial charge in [0.25, 0.3) is 0 Å². The van der Waals surface area contributed by atoms with E-state index in [2.05, 4.69) is 10.1 Å². The lowest BCUT2D eigenvalue weighted by Crippen LogP contribution is -2.44. The Balaban J connectivity index is 1.85. The fraction of sp³-hybridized carbons (Fsp3) is 0.467. The highest BCUT2D eigenvalue weighted by atomic mass is 16.5. The minimum Gasteiger partial charge on any atom is -0.338 e. The van der Waals surface area contributed by atoms with E-state index >= 15 is 0 Å². The molecule has 116 valence electrons. The van der Waals surface area contributed by atoms with Crippen molar-refractivity contribution in [1.29, 1.82) is 0 Å². The third-order valence-electron chi connectivity index (χ3n) is 4.00. The van der Waals surface area contributed by atoms with Crippen LogP contribution in [-0.2, 0) is 11.3 Å². The van der Waals surface area contributed by atoms with E-state index in [4.69, 9.17) is 4.52 Å². The molecular weight excluding hydrogens is 284 g/mol. The van der Waals surface area contributed by atoms with E-state index in [-0.39, 0.29) is 24.3 Å². The van der Waals surface area contributed by atoms with Crippen LogP contribution >= 0.6 is 0 Å². The number of hydrogen-bond donors (Lipinski definition) is 0. The second-order valence-electron chi connectivity index (χ2n) is 5.51. The largest absolute Gasteiger partial charge is 0.442 e. The Kier molecular flexibility index (Phi) is 4.04. The van der Waals surface area contributed by atoms with Crippen molar-refractivity contribution in [1.82, 2.24) is 19.6 Å². The zero-order valence-electron chi connectivity index (χ0n) is 12.4. The van der Waals surface area contributed by atoms with Gasteiger partial charge in [-0.1, -0.05) is 11.2 Å². The zero-order valence-corrected chi connectivity index (χ0v) is 12.4. The van der Waals surface area contributed by atoms with E-state index in [0.717, 1.165) is 25.8 Å². The maximum absolute atomic E-state index is 12.5. The van der Waals surface area contributed by atoms with Crippen LogP contribution in [0.25, 0.3) is 11.5 Å². The van der Waals surface area contributed by atoms with Crippen molar-refractivity contribution in [2.45, 2.75) is 38.8 Å². The molecule has 7 heteroatoms. The highest BCUT2D eigenvalue weighted by molar-refractivity contribution is 5.77. The number of piperidine rings is 1. The first-order chi connectivity index (χ1) is 10.7. The van der Waals surface area contributed by atoms with Crippen LogP contribution in [0, 0.1) is 0 Å². The van der Waals surface area contributed by atoms with Gasteiger partial charge >= 0.3 is 5.76 Å². The Morgan fingerprint density at radius 3 is 3.00 bits per heavy atom. The maximum atomic E-state index is 12.5. The van der Waals surface area contributed by atoms with Gasteiger partial charge in [0.2, 0.25) is 11.7 Å². The molecule has 0 N–H and O–H groups in total. The molecule has 1 aliphatic heterocycles. The van der Waals surface area contributed by atoms with E-state index in [1.807, 2.05) is 11.8 Å². The Morgan fingerprint density at radius 1 is 1.41 bits per heavy atom. The number of nitrogens with zero attached hydrogens (tertiary/aromatic N) is 4. The number of likely N-dealkylation sites (tertiary alicyclic amines) is 1. The SMILES string of the molecule is C[C@H]1CCCCN1C(=O)Cn1c(-c2ccccn2)noc1=O. The lowest BCUT2D eigenvalue weighted by molar-refractivity contribution is -0.135. The fourth-order valence-corrected chi connectivity index (χ4v) is 2.78. The number of amides is 1. The molecule has 2 aromatic heterocycles. The number of rotatable bonds is 3. The molecule has 1 fully saturated rings. The quantitative estimate of drug-likeness (QED) is 0.853. The van der Waals surface area contributed by atoms with Crippen LogP contribution < -0.4 is 5.76 Å². The van der Waals surface area contributed by atoms with Gasteiger partial charge in [0.15, 0.2) is 0 Å². The Hall–Kier alpha value is -2.44. The molecule has 0 aromatic carbocycles. The Morgan fingerprint density at radius 2 is 2.27 bits per heavy atom. The number of carbonyl (C=O) groups is 1. The molecule has 0 unspecified atom stereocenters. The van der Waals surface area contributed by atoms with Gasteiger partial charge in [-0.2, -0.15) is 0 Å². The Labute approximate surface area is 127 Å². The van der Waals surface area contributed by atoms with Gasteiger partial charge in [0, 0.05) is 18.8 Å². The molecule has 0 radical (unpaired) electrons. The van der Waals surface area contributed by atoms with Crippen molar-refractivity contribution < 1.29 is 9.32 Å². The predicted octanol–water partition coefficient (Wildman–Crippen LogP) is 1.30. The Bertz CT molecular complexity index is 707. The molecule has 3 rings (SSSR count). The minimum absolute atomic E-state index is 0.0709. The predicted molar refractivity (Wildman–Crippen MR) is 79.0 cm³/mol. The van der Waals surface area contributed by atoms with Crippen molar-refractivity contribution in [3.63, 3.8) is 0 Å². The smallest absolute Gasteiger partial charge is 0.338 e. The van der Waals surface area contributed by atoms with Crippen LogP contribution in [0.1, 0.15) is 26.2 Å². The lowest BCUT2D eigenvalue weighted by Gasteiger charge is -2.33. The molecule has 1 saturated heterocycles. The van der Waals surface area contributed by atoms with Crippen LogP contribution in [-0.4, -0.2) is 38.1 Å². The highest BCUT2D eigenvalue weighted by Gasteiger charge is 2.25. The summed E-state index contributed by atoms with van der Waals surface area (Å²) < 4.78 is 5.95. The molecular formula is C15H18N4O3. The average molecular weight is 302 g/mol. The molecule has 3 heterocycles. The van der Waals surface area contributed by atoms with Gasteiger partial charge < -0.3 is 4.90 Å². The summed E-state index contributed by atoms with van der Waals surface area (Å²) >= 11 is 0. The van der Waals surface area contributed by atoms with Crippen molar-refractivity contribution >= 4 is 5.91 Å². The standard InChI is InChI=1S/C15H18N4O3/c1-11-6-3-5-9-18(11)13(20)10-19-14(17-22-15(19)21)12-7-2-4-8-16-12/h2,4,7-8,11H,3,5-6,9-10H2,1H3/t11-/m0/s1. The van der Waals surface area contributed by atoms with Crippen molar-refractivity contribution in [3.05, 3.63) is 34.9 Å². The normalized spacial score (nSPS) is 18.4.